The van der Waals surface area contributed by atoms with Gasteiger partial charge in [-0.05, 0) is 26.7 Å². The molecule has 1 atom stereocenters. The topological polar surface area (TPSA) is 38.2 Å². The molecule has 1 fully saturated rings. The van der Waals surface area contributed by atoms with Crippen molar-refractivity contribution in [1.29, 1.82) is 0 Å². The maximum Gasteiger partial charge on any atom is 0.228 e. The molecule has 0 amide bonds. The van der Waals surface area contributed by atoms with Crippen molar-refractivity contribution >= 4 is 21.9 Å². The van der Waals surface area contributed by atoms with Gasteiger partial charge in [-0.15, -0.1) is 0 Å². The van der Waals surface area contributed by atoms with Crippen LogP contribution in [0.1, 0.15) is 26.7 Å². The number of aromatic nitrogens is 2. The first-order valence-corrected chi connectivity index (χ1v) is 7.15. The molecule has 1 aromatic heterocycles. The van der Waals surface area contributed by atoms with E-state index in [1.165, 1.54) is 12.8 Å². The molecular weight excluding hydrogens is 282 g/mol. The highest BCUT2D eigenvalue weighted by Gasteiger charge is 2.25. The Labute approximate surface area is 111 Å². The number of anilines is 1. The van der Waals surface area contributed by atoms with Gasteiger partial charge in [-0.3, -0.25) is 0 Å². The van der Waals surface area contributed by atoms with Gasteiger partial charge in [0.1, 0.15) is 0 Å². The van der Waals surface area contributed by atoms with Crippen LogP contribution in [-0.2, 0) is 0 Å². The van der Waals surface area contributed by atoms with Gasteiger partial charge < -0.3 is 9.64 Å². The zero-order valence-electron chi connectivity index (χ0n) is 10.3. The first-order chi connectivity index (χ1) is 8.20. The lowest BCUT2D eigenvalue weighted by atomic mass is 10.2. The normalized spacial score (nSPS) is 20.0. The molecule has 94 valence electrons. The SMILES string of the molecule is CC(C)Oc1ccnc(N2CCCC2CBr)n1. The molecule has 1 saturated heterocycles. The standard InChI is InChI=1S/C12H18BrN3O/c1-9(2)17-11-5-6-14-12(15-11)16-7-3-4-10(16)8-13/h5-6,9-10H,3-4,7-8H2,1-2H3. The predicted octanol–water partition coefficient (Wildman–Crippen LogP) is 2.63. The molecule has 0 saturated carbocycles. The molecule has 0 radical (unpaired) electrons. The zero-order chi connectivity index (χ0) is 12.3. The van der Waals surface area contributed by atoms with Crippen LogP contribution in [0.25, 0.3) is 0 Å². The van der Waals surface area contributed by atoms with Crippen LogP contribution < -0.4 is 9.64 Å². The van der Waals surface area contributed by atoms with Crippen LogP contribution >= 0.6 is 15.9 Å². The van der Waals surface area contributed by atoms with Crippen LogP contribution in [0.5, 0.6) is 5.88 Å². The van der Waals surface area contributed by atoms with E-state index in [1.54, 1.807) is 6.20 Å². The minimum absolute atomic E-state index is 0.142. The molecule has 1 aliphatic heterocycles. The highest BCUT2D eigenvalue weighted by atomic mass is 79.9. The molecule has 2 rings (SSSR count). The summed E-state index contributed by atoms with van der Waals surface area (Å²) in [5.74, 6) is 1.44. The molecule has 4 nitrogen and oxygen atoms in total. The lowest BCUT2D eigenvalue weighted by Gasteiger charge is -2.23. The number of ether oxygens (including phenoxy) is 1. The van der Waals surface area contributed by atoms with Gasteiger partial charge in [0.05, 0.1) is 6.10 Å². The number of halogens is 1. The molecule has 0 spiro atoms. The van der Waals surface area contributed by atoms with Gasteiger partial charge in [0.2, 0.25) is 11.8 Å². The summed E-state index contributed by atoms with van der Waals surface area (Å²) in [6.45, 7) is 5.03. The van der Waals surface area contributed by atoms with Crippen LogP contribution in [0, 0.1) is 0 Å². The van der Waals surface area contributed by atoms with Gasteiger partial charge in [0.15, 0.2) is 0 Å². The van der Waals surface area contributed by atoms with Crippen LogP contribution in [0.2, 0.25) is 0 Å². The number of alkyl halides is 1. The molecular formula is C12H18BrN3O. The minimum atomic E-state index is 0.142. The molecule has 1 aromatic rings. The molecule has 17 heavy (non-hydrogen) atoms. The Hall–Kier alpha value is -0.840. The van der Waals surface area contributed by atoms with Crippen molar-refractivity contribution in [2.75, 3.05) is 16.8 Å². The highest BCUT2D eigenvalue weighted by Crippen LogP contribution is 2.24. The Morgan fingerprint density at radius 3 is 3.12 bits per heavy atom. The van der Waals surface area contributed by atoms with Gasteiger partial charge >= 0.3 is 0 Å². The number of hydrogen-bond donors (Lipinski definition) is 0. The van der Waals surface area contributed by atoms with E-state index in [0.717, 1.165) is 17.8 Å². The van der Waals surface area contributed by atoms with E-state index in [0.29, 0.717) is 11.9 Å². The average Bonchev–Trinajstić information content (AvgIpc) is 2.76. The summed E-state index contributed by atoms with van der Waals surface area (Å²) >= 11 is 3.54. The van der Waals surface area contributed by atoms with E-state index in [2.05, 4.69) is 30.8 Å². The van der Waals surface area contributed by atoms with Crippen molar-refractivity contribution in [2.24, 2.45) is 0 Å². The quantitative estimate of drug-likeness (QED) is 0.801. The van der Waals surface area contributed by atoms with E-state index in [-0.39, 0.29) is 6.10 Å². The number of rotatable bonds is 4. The Kier molecular flexibility index (Phi) is 4.20. The van der Waals surface area contributed by atoms with E-state index in [1.807, 2.05) is 19.9 Å². The maximum atomic E-state index is 5.59. The second-order valence-electron chi connectivity index (χ2n) is 4.51. The second-order valence-corrected chi connectivity index (χ2v) is 5.15. The third-order valence-corrected chi connectivity index (χ3v) is 3.53. The van der Waals surface area contributed by atoms with Gasteiger partial charge in [0.25, 0.3) is 0 Å². The van der Waals surface area contributed by atoms with Crippen molar-refractivity contribution in [3.8, 4) is 5.88 Å². The van der Waals surface area contributed by atoms with Crippen LogP contribution in [-0.4, -0.2) is 34.0 Å². The molecule has 1 aliphatic rings. The summed E-state index contributed by atoms with van der Waals surface area (Å²) in [5, 5.41) is 0.964. The minimum Gasteiger partial charge on any atom is -0.475 e. The van der Waals surface area contributed by atoms with E-state index in [4.69, 9.17) is 4.74 Å². The molecule has 0 aromatic carbocycles. The summed E-state index contributed by atoms with van der Waals surface area (Å²) in [6.07, 6.45) is 4.31. The Morgan fingerprint density at radius 1 is 1.59 bits per heavy atom. The number of nitrogens with zero attached hydrogens (tertiary/aromatic N) is 3. The van der Waals surface area contributed by atoms with Gasteiger partial charge in [-0.25, -0.2) is 4.98 Å². The average molecular weight is 300 g/mol. The molecule has 5 heteroatoms. The predicted molar refractivity (Wildman–Crippen MR) is 72.0 cm³/mol. The van der Waals surface area contributed by atoms with Crippen molar-refractivity contribution in [2.45, 2.75) is 38.8 Å². The Bertz CT molecular complexity index is 373. The van der Waals surface area contributed by atoms with E-state index < -0.39 is 0 Å². The molecule has 2 heterocycles. The molecule has 1 unspecified atom stereocenters. The summed E-state index contributed by atoms with van der Waals surface area (Å²) in [4.78, 5) is 11.1. The molecule has 0 bridgehead atoms. The van der Waals surface area contributed by atoms with Crippen molar-refractivity contribution in [3.63, 3.8) is 0 Å². The summed E-state index contributed by atoms with van der Waals surface area (Å²) < 4.78 is 5.59. The van der Waals surface area contributed by atoms with Gasteiger partial charge in [-0.2, -0.15) is 4.98 Å². The summed E-state index contributed by atoms with van der Waals surface area (Å²) in [5.41, 5.74) is 0. The lowest BCUT2D eigenvalue weighted by molar-refractivity contribution is 0.232. The second kappa shape index (κ2) is 5.67. The van der Waals surface area contributed by atoms with Crippen molar-refractivity contribution in [1.82, 2.24) is 9.97 Å². The molecule has 0 N–H and O–H groups in total. The zero-order valence-corrected chi connectivity index (χ0v) is 11.9. The smallest absolute Gasteiger partial charge is 0.228 e. The Balaban J connectivity index is 2.15. The van der Waals surface area contributed by atoms with Gasteiger partial charge in [-0.1, -0.05) is 15.9 Å². The van der Waals surface area contributed by atoms with Crippen molar-refractivity contribution in [3.05, 3.63) is 12.3 Å². The summed E-state index contributed by atoms with van der Waals surface area (Å²) in [6, 6.07) is 2.31. The third kappa shape index (κ3) is 3.09. The molecule has 0 aliphatic carbocycles. The first-order valence-electron chi connectivity index (χ1n) is 6.03. The fourth-order valence-electron chi connectivity index (χ4n) is 2.04. The van der Waals surface area contributed by atoms with Crippen LogP contribution in [0.3, 0.4) is 0 Å². The number of hydrogen-bond acceptors (Lipinski definition) is 4. The third-order valence-electron chi connectivity index (χ3n) is 2.79. The highest BCUT2D eigenvalue weighted by molar-refractivity contribution is 9.09. The fourth-order valence-corrected chi connectivity index (χ4v) is 2.71. The first kappa shape index (κ1) is 12.6. The monoisotopic (exact) mass is 299 g/mol. The maximum absolute atomic E-state index is 5.59. The fraction of sp³-hybridized carbons (Fsp3) is 0.667. The van der Waals surface area contributed by atoms with Crippen LogP contribution in [0.15, 0.2) is 12.3 Å². The largest absolute Gasteiger partial charge is 0.475 e. The van der Waals surface area contributed by atoms with Crippen molar-refractivity contribution < 1.29 is 4.74 Å². The Morgan fingerprint density at radius 2 is 2.41 bits per heavy atom. The lowest BCUT2D eigenvalue weighted by Crippen LogP contribution is -2.31. The van der Waals surface area contributed by atoms with Gasteiger partial charge in [0, 0.05) is 30.2 Å². The van der Waals surface area contributed by atoms with E-state index in [9.17, 15) is 0 Å². The van der Waals surface area contributed by atoms with E-state index >= 15 is 0 Å². The van der Waals surface area contributed by atoms with Crippen LogP contribution in [0.4, 0.5) is 5.95 Å². The summed E-state index contributed by atoms with van der Waals surface area (Å²) in [7, 11) is 0.